The van der Waals surface area contributed by atoms with E-state index in [1.165, 1.54) is 6.92 Å². The molecule has 0 aromatic carbocycles. The lowest BCUT2D eigenvalue weighted by atomic mass is 10.1. The third kappa shape index (κ3) is 3.21. The monoisotopic (exact) mass is 210 g/mol. The Morgan fingerprint density at radius 1 is 1.67 bits per heavy atom. The van der Waals surface area contributed by atoms with Crippen LogP contribution in [0.2, 0.25) is 0 Å². The van der Waals surface area contributed by atoms with Crippen molar-refractivity contribution in [2.45, 2.75) is 20.6 Å². The Balaban J connectivity index is 3.58. The molecule has 0 aliphatic heterocycles. The molecule has 1 heteroatoms. The van der Waals surface area contributed by atoms with Crippen LogP contribution in [0.3, 0.4) is 0 Å². The van der Waals surface area contributed by atoms with Crippen LogP contribution in [0.5, 0.6) is 0 Å². The molecular weight excluding hydrogens is 182 g/mol. The fraction of sp³-hybridized carbons (Fsp3) is 0.214. The summed E-state index contributed by atoms with van der Waals surface area (Å²) in [7, 11) is 0. The minimum atomic E-state index is -2.71. The lowest BCUT2D eigenvalue weighted by Crippen LogP contribution is -1.90. The third-order valence-corrected chi connectivity index (χ3v) is 1.62. The van der Waals surface area contributed by atoms with Crippen molar-refractivity contribution in [3.05, 3.63) is 59.8 Å². The van der Waals surface area contributed by atoms with Crippen molar-refractivity contribution in [1.29, 1.82) is 0 Å². The van der Waals surface area contributed by atoms with E-state index in [9.17, 15) is 0 Å². The van der Waals surface area contributed by atoms with E-state index < -0.39 is 31.5 Å². The van der Waals surface area contributed by atoms with Crippen molar-refractivity contribution in [1.82, 2.24) is 4.98 Å². The van der Waals surface area contributed by atoms with Crippen molar-refractivity contribution >= 4 is 5.57 Å². The molecule has 0 aliphatic carbocycles. The van der Waals surface area contributed by atoms with Gasteiger partial charge in [0.2, 0.25) is 0 Å². The molecule has 0 saturated carbocycles. The van der Waals surface area contributed by atoms with E-state index in [4.69, 9.17) is 15.1 Å². The Hall–Kier alpha value is -1.63. The summed E-state index contributed by atoms with van der Waals surface area (Å²) in [5.41, 5.74) is -1.30. The molecule has 15 heavy (non-hydrogen) atoms. The number of rotatable bonds is 3. The molecule has 0 spiro atoms. The van der Waals surface area contributed by atoms with E-state index in [1.54, 1.807) is 0 Å². The average molecular weight is 210 g/mol. The highest BCUT2D eigenvalue weighted by Crippen LogP contribution is 2.15. The summed E-state index contributed by atoms with van der Waals surface area (Å²) >= 11 is 0. The van der Waals surface area contributed by atoms with Crippen molar-refractivity contribution < 1.29 is 15.1 Å². The van der Waals surface area contributed by atoms with Crippen LogP contribution in [0.25, 0.3) is 5.57 Å². The molecule has 1 aromatic heterocycles. The first-order chi connectivity index (χ1) is 11.8. The highest BCUT2D eigenvalue weighted by Gasteiger charge is 1.99. The zero-order chi connectivity index (χ0) is 20.4. The maximum atomic E-state index is 8.09. The lowest BCUT2D eigenvalue weighted by Gasteiger charge is -2.03. The quantitative estimate of drug-likeness (QED) is 0.691. The van der Waals surface area contributed by atoms with Crippen molar-refractivity contribution in [2.75, 3.05) is 0 Å². The van der Waals surface area contributed by atoms with E-state index in [-0.39, 0.29) is 28.4 Å². The number of nitrogens with zero attached hydrogens (tertiary/aromatic N) is 1. The van der Waals surface area contributed by atoms with Crippen LogP contribution in [0.15, 0.2) is 43.0 Å². The smallest absolute Gasteiger partial charge is 0.0843 e. The number of allylic oxidation sites excluding steroid dienone is 4. The second-order valence-electron chi connectivity index (χ2n) is 2.85. The highest BCUT2D eigenvalue weighted by atomic mass is 14.7. The molecule has 0 bridgehead atoms. The Morgan fingerprint density at radius 3 is 3.27 bits per heavy atom. The van der Waals surface area contributed by atoms with Gasteiger partial charge in [0.15, 0.2) is 0 Å². The molecule has 1 heterocycles. The summed E-state index contributed by atoms with van der Waals surface area (Å²) in [6, 6.07) is -0.899. The molecule has 1 nitrogen and oxygen atoms in total. The van der Waals surface area contributed by atoms with Crippen molar-refractivity contribution in [2.24, 2.45) is 0 Å². The Bertz CT molecular complexity index is 782. The second kappa shape index (κ2) is 4.74. The summed E-state index contributed by atoms with van der Waals surface area (Å²) in [5, 5.41) is 0. The summed E-state index contributed by atoms with van der Waals surface area (Å²) in [4.78, 5) is 3.77. The number of pyridine rings is 1. The van der Waals surface area contributed by atoms with E-state index >= 15 is 0 Å². The van der Waals surface area contributed by atoms with E-state index in [1.807, 2.05) is 0 Å². The SMILES string of the molecule is [2H]C=C(C=C([2H])C(=C[2H])C([2H])([2H])[2H])c1nc([2H])c(C([2H])([2H])[2H])c(C)c1[2H]. The minimum absolute atomic E-state index is 0.00800. The summed E-state index contributed by atoms with van der Waals surface area (Å²) < 4.78 is 82.7. The summed E-state index contributed by atoms with van der Waals surface area (Å²) in [5.74, 6) is 0. The van der Waals surface area contributed by atoms with Gasteiger partial charge in [-0.25, -0.2) is 0 Å². The van der Waals surface area contributed by atoms with Gasteiger partial charge in [-0.2, -0.15) is 0 Å². The topological polar surface area (TPSA) is 12.9 Å². The van der Waals surface area contributed by atoms with Gasteiger partial charge in [-0.15, -0.1) is 0 Å². The van der Waals surface area contributed by atoms with E-state index in [0.29, 0.717) is 6.55 Å². The van der Waals surface area contributed by atoms with Gasteiger partial charge in [0, 0.05) is 14.4 Å². The van der Waals surface area contributed by atoms with Gasteiger partial charge in [-0.3, -0.25) is 4.98 Å². The first kappa shape index (κ1) is 3.44. The first-order valence-electron chi connectivity index (χ1n) is 9.76. The normalized spacial score (nSPS) is 26.5. The van der Waals surface area contributed by atoms with Crippen LogP contribution in [0.1, 0.15) is 38.8 Å². The van der Waals surface area contributed by atoms with Gasteiger partial charge in [-0.05, 0) is 43.4 Å². The van der Waals surface area contributed by atoms with E-state index in [2.05, 4.69) is 4.98 Å². The fourth-order valence-corrected chi connectivity index (χ4v) is 0.824. The molecule has 0 aliphatic rings. The van der Waals surface area contributed by atoms with Crippen LogP contribution >= 0.6 is 0 Å². The molecule has 0 fully saturated rings. The van der Waals surface area contributed by atoms with Gasteiger partial charge in [0.1, 0.15) is 0 Å². The molecule has 0 saturated heterocycles. The predicted octanol–water partition coefficient (Wildman–Crippen LogP) is 3.84. The third-order valence-electron chi connectivity index (χ3n) is 1.62. The Kier molecular flexibility index (Phi) is 1.09. The first-order valence-corrected chi connectivity index (χ1v) is 4.10. The molecule has 0 unspecified atom stereocenters. The zero-order valence-corrected chi connectivity index (χ0v) is 8.18. The van der Waals surface area contributed by atoms with Gasteiger partial charge in [-0.1, -0.05) is 30.8 Å². The van der Waals surface area contributed by atoms with Gasteiger partial charge >= 0.3 is 0 Å². The van der Waals surface area contributed by atoms with Crippen LogP contribution in [-0.2, 0) is 0 Å². The maximum absolute atomic E-state index is 8.09. The number of hydrogen-bond donors (Lipinski definition) is 0. The molecule has 0 radical (unpaired) electrons. The molecular formula is C14H17N. The molecule has 1 rings (SSSR count). The number of aromatic nitrogens is 1. The summed E-state index contributed by atoms with van der Waals surface area (Å²) in [6.07, 6.45) is 0.369. The fourth-order valence-electron chi connectivity index (χ4n) is 0.824. The zero-order valence-electron chi connectivity index (χ0n) is 19.2. The van der Waals surface area contributed by atoms with Crippen molar-refractivity contribution in [3.8, 4) is 0 Å². The molecule has 1 aromatic rings. The lowest BCUT2D eigenvalue weighted by molar-refractivity contribution is 1.19. The Morgan fingerprint density at radius 2 is 2.60 bits per heavy atom. The van der Waals surface area contributed by atoms with Gasteiger partial charge in [0.25, 0.3) is 0 Å². The van der Waals surface area contributed by atoms with Gasteiger partial charge in [0.05, 0.1) is 12.5 Å². The average Bonchev–Trinajstić information content (AvgIpc) is 2.46. The van der Waals surface area contributed by atoms with Crippen LogP contribution in [-0.4, -0.2) is 4.98 Å². The second-order valence-corrected chi connectivity index (χ2v) is 2.85. The summed E-state index contributed by atoms with van der Waals surface area (Å²) in [6.45, 7) is -2.75. The number of hydrogen-bond acceptors (Lipinski definition) is 1. The molecule has 0 N–H and O–H groups in total. The van der Waals surface area contributed by atoms with Crippen molar-refractivity contribution in [3.63, 3.8) is 0 Å². The standard InChI is InChI=1S/C14H17N/c1-10(2)6-7-11(3)14-8-12(4)13(5)9-15-14/h6-9H,1,3H2,2,4-5H3/i1D,2D3,3D,5D3,6D,8D,9D. The van der Waals surface area contributed by atoms with Crippen LogP contribution < -0.4 is 0 Å². The largest absolute Gasteiger partial charge is 0.256 e. The Labute approximate surface area is 107 Å². The van der Waals surface area contributed by atoms with Gasteiger partial charge < -0.3 is 0 Å². The predicted molar refractivity (Wildman–Crippen MR) is 66.7 cm³/mol. The van der Waals surface area contributed by atoms with Crippen LogP contribution in [0, 0.1) is 13.8 Å². The molecule has 78 valence electrons. The molecule has 0 atom stereocenters. The van der Waals surface area contributed by atoms with E-state index in [0.717, 1.165) is 12.6 Å². The minimum Gasteiger partial charge on any atom is -0.256 e. The maximum Gasteiger partial charge on any atom is 0.0843 e. The molecule has 0 amide bonds. The highest BCUT2D eigenvalue weighted by molar-refractivity contribution is 5.70. The van der Waals surface area contributed by atoms with Crippen LogP contribution in [0.4, 0.5) is 0 Å².